The van der Waals surface area contributed by atoms with E-state index in [2.05, 4.69) is 5.32 Å². The maximum Gasteiger partial charge on any atom is 0.321 e. The van der Waals surface area contributed by atoms with Gasteiger partial charge in [0.25, 0.3) is 0 Å². The van der Waals surface area contributed by atoms with Crippen LogP contribution in [-0.2, 0) is 11.3 Å². The van der Waals surface area contributed by atoms with E-state index in [1.165, 1.54) is 4.90 Å². The van der Waals surface area contributed by atoms with Gasteiger partial charge in [-0.2, -0.15) is 0 Å². The lowest BCUT2D eigenvalue weighted by atomic mass is 10.2. The number of anilines is 1. The van der Waals surface area contributed by atoms with Crippen molar-refractivity contribution in [1.29, 1.82) is 0 Å². The number of methoxy groups -OCH3 is 1. The van der Waals surface area contributed by atoms with Gasteiger partial charge in [0.15, 0.2) is 0 Å². The number of hydrogen-bond donors (Lipinski definition) is 2. The molecule has 0 saturated carbocycles. The highest BCUT2D eigenvalue weighted by atomic mass is 35.5. The summed E-state index contributed by atoms with van der Waals surface area (Å²) in [7, 11) is 3.17. The number of urea groups is 1. The standard InChI is InChI=1S/C12H17ClN2O3/c1-15(6-7-16)12(17)14-11-5-3-4-10(13)9(11)8-18-2/h3-5,16H,6-8H2,1-2H3,(H,14,17). The number of nitrogens with zero attached hydrogens (tertiary/aromatic N) is 1. The minimum Gasteiger partial charge on any atom is -0.395 e. The number of hydrogen-bond acceptors (Lipinski definition) is 3. The average Bonchev–Trinajstić information content (AvgIpc) is 2.34. The number of benzene rings is 1. The zero-order valence-electron chi connectivity index (χ0n) is 10.4. The smallest absolute Gasteiger partial charge is 0.321 e. The van der Waals surface area contributed by atoms with Crippen molar-refractivity contribution in [2.75, 3.05) is 32.6 Å². The molecule has 1 aromatic carbocycles. The predicted molar refractivity (Wildman–Crippen MR) is 70.9 cm³/mol. The largest absolute Gasteiger partial charge is 0.395 e. The van der Waals surface area contributed by atoms with Gasteiger partial charge >= 0.3 is 6.03 Å². The number of halogens is 1. The van der Waals surface area contributed by atoms with Gasteiger partial charge in [0.1, 0.15) is 0 Å². The first-order valence-electron chi connectivity index (χ1n) is 5.49. The van der Waals surface area contributed by atoms with Crippen LogP contribution in [0.25, 0.3) is 0 Å². The first-order valence-corrected chi connectivity index (χ1v) is 5.87. The highest BCUT2D eigenvalue weighted by Gasteiger charge is 2.12. The molecule has 0 aromatic heterocycles. The van der Waals surface area contributed by atoms with Gasteiger partial charge in [-0.25, -0.2) is 4.79 Å². The Morgan fingerprint density at radius 1 is 1.56 bits per heavy atom. The van der Waals surface area contributed by atoms with Crippen molar-refractivity contribution in [2.45, 2.75) is 6.61 Å². The second-order valence-electron chi connectivity index (χ2n) is 3.77. The van der Waals surface area contributed by atoms with Gasteiger partial charge in [0.2, 0.25) is 0 Å². The number of aliphatic hydroxyl groups is 1. The summed E-state index contributed by atoms with van der Waals surface area (Å²) in [5.41, 5.74) is 1.34. The van der Waals surface area contributed by atoms with Crippen LogP contribution in [0.1, 0.15) is 5.56 Å². The number of amides is 2. The average molecular weight is 273 g/mol. The first kappa shape index (κ1) is 14.8. The molecule has 0 bridgehead atoms. The fraction of sp³-hybridized carbons (Fsp3) is 0.417. The highest BCUT2D eigenvalue weighted by molar-refractivity contribution is 6.31. The number of likely N-dealkylation sites (N-methyl/N-ethyl adjacent to an activating group) is 1. The molecular weight excluding hydrogens is 256 g/mol. The molecule has 0 aliphatic rings. The Morgan fingerprint density at radius 3 is 2.89 bits per heavy atom. The van der Waals surface area contributed by atoms with E-state index in [4.69, 9.17) is 21.4 Å². The number of rotatable bonds is 5. The SMILES string of the molecule is COCc1c(Cl)cccc1NC(=O)N(C)CCO. The molecular formula is C12H17ClN2O3. The van der Waals surface area contributed by atoms with Crippen molar-refractivity contribution in [1.82, 2.24) is 4.90 Å². The summed E-state index contributed by atoms with van der Waals surface area (Å²) in [5.74, 6) is 0. The van der Waals surface area contributed by atoms with Gasteiger partial charge in [-0.1, -0.05) is 17.7 Å². The van der Waals surface area contributed by atoms with Crippen LogP contribution in [0.15, 0.2) is 18.2 Å². The van der Waals surface area contributed by atoms with Gasteiger partial charge in [-0.05, 0) is 12.1 Å². The van der Waals surface area contributed by atoms with E-state index in [1.54, 1.807) is 32.4 Å². The molecule has 1 rings (SSSR count). The third-order valence-corrected chi connectivity index (χ3v) is 2.79. The second kappa shape index (κ2) is 7.20. The van der Waals surface area contributed by atoms with Gasteiger partial charge in [-0.3, -0.25) is 0 Å². The fourth-order valence-electron chi connectivity index (χ4n) is 1.43. The predicted octanol–water partition coefficient (Wildman–Crippen LogP) is 1.94. The van der Waals surface area contributed by atoms with Crippen LogP contribution in [0.5, 0.6) is 0 Å². The lowest BCUT2D eigenvalue weighted by Gasteiger charge is -2.18. The third-order valence-electron chi connectivity index (χ3n) is 2.43. The van der Waals surface area contributed by atoms with Crippen LogP contribution in [0.2, 0.25) is 5.02 Å². The van der Waals surface area contributed by atoms with Crippen molar-refractivity contribution in [3.8, 4) is 0 Å². The summed E-state index contributed by atoms with van der Waals surface area (Å²) in [6.07, 6.45) is 0. The Balaban J connectivity index is 2.83. The Hall–Kier alpha value is -1.30. The van der Waals surface area contributed by atoms with E-state index in [0.29, 0.717) is 17.3 Å². The summed E-state index contributed by atoms with van der Waals surface area (Å²) in [6, 6.07) is 4.94. The van der Waals surface area contributed by atoms with Gasteiger partial charge in [0.05, 0.1) is 13.2 Å². The molecule has 0 atom stereocenters. The first-order chi connectivity index (χ1) is 8.60. The van der Waals surface area contributed by atoms with E-state index in [9.17, 15) is 4.79 Å². The Bertz CT molecular complexity index is 412. The maximum absolute atomic E-state index is 11.8. The summed E-state index contributed by atoms with van der Waals surface area (Å²) in [6.45, 7) is 0.509. The van der Waals surface area contributed by atoms with E-state index in [1.807, 2.05) is 0 Å². The summed E-state index contributed by atoms with van der Waals surface area (Å²) in [4.78, 5) is 13.2. The van der Waals surface area contributed by atoms with Crippen molar-refractivity contribution >= 4 is 23.3 Å². The lowest BCUT2D eigenvalue weighted by molar-refractivity contribution is 0.185. The monoisotopic (exact) mass is 272 g/mol. The minimum absolute atomic E-state index is 0.0790. The molecule has 0 saturated heterocycles. The van der Waals surface area contributed by atoms with Crippen LogP contribution in [0.3, 0.4) is 0 Å². The molecule has 0 spiro atoms. The minimum atomic E-state index is -0.302. The summed E-state index contributed by atoms with van der Waals surface area (Å²) < 4.78 is 5.05. The van der Waals surface area contributed by atoms with Crippen LogP contribution in [0, 0.1) is 0 Å². The number of nitrogens with one attached hydrogen (secondary N) is 1. The van der Waals surface area contributed by atoms with Gasteiger partial charge < -0.3 is 20.1 Å². The zero-order chi connectivity index (χ0) is 13.5. The summed E-state index contributed by atoms with van der Waals surface area (Å²) in [5, 5.41) is 12.0. The van der Waals surface area contributed by atoms with E-state index >= 15 is 0 Å². The second-order valence-corrected chi connectivity index (χ2v) is 4.18. The molecule has 0 heterocycles. The van der Waals surface area contributed by atoms with Crippen molar-refractivity contribution in [3.63, 3.8) is 0 Å². The molecule has 100 valence electrons. The molecule has 2 amide bonds. The van der Waals surface area contributed by atoms with Crippen LogP contribution in [0.4, 0.5) is 10.5 Å². The number of aliphatic hydroxyl groups excluding tert-OH is 1. The highest BCUT2D eigenvalue weighted by Crippen LogP contribution is 2.25. The summed E-state index contributed by atoms with van der Waals surface area (Å²) >= 11 is 6.05. The van der Waals surface area contributed by atoms with E-state index < -0.39 is 0 Å². The van der Waals surface area contributed by atoms with Crippen molar-refractivity contribution in [2.24, 2.45) is 0 Å². The molecule has 6 heteroatoms. The molecule has 0 unspecified atom stereocenters. The Kier molecular flexibility index (Phi) is 5.91. The molecule has 0 fully saturated rings. The third kappa shape index (κ3) is 3.87. The zero-order valence-corrected chi connectivity index (χ0v) is 11.2. The fourth-order valence-corrected chi connectivity index (χ4v) is 1.66. The molecule has 2 N–H and O–H groups in total. The Morgan fingerprint density at radius 2 is 2.28 bits per heavy atom. The van der Waals surface area contributed by atoms with Crippen molar-refractivity contribution in [3.05, 3.63) is 28.8 Å². The molecule has 5 nitrogen and oxygen atoms in total. The molecule has 0 aliphatic heterocycles. The molecule has 0 radical (unpaired) electrons. The van der Waals surface area contributed by atoms with Crippen LogP contribution in [-0.4, -0.2) is 43.3 Å². The number of carbonyl (C=O) groups is 1. The van der Waals surface area contributed by atoms with Crippen molar-refractivity contribution < 1.29 is 14.6 Å². The van der Waals surface area contributed by atoms with E-state index in [0.717, 1.165) is 5.56 Å². The number of carbonyl (C=O) groups excluding carboxylic acids is 1. The van der Waals surface area contributed by atoms with Gasteiger partial charge in [-0.15, -0.1) is 0 Å². The lowest BCUT2D eigenvalue weighted by Crippen LogP contribution is -2.33. The molecule has 0 aliphatic carbocycles. The van der Waals surface area contributed by atoms with Crippen LogP contribution < -0.4 is 5.32 Å². The number of ether oxygens (including phenoxy) is 1. The van der Waals surface area contributed by atoms with Gasteiger partial charge in [0, 0.05) is 37.0 Å². The molecule has 18 heavy (non-hydrogen) atoms. The van der Waals surface area contributed by atoms with E-state index in [-0.39, 0.29) is 19.2 Å². The molecule has 1 aromatic rings. The topological polar surface area (TPSA) is 61.8 Å². The maximum atomic E-state index is 11.8. The Labute approximate surface area is 111 Å². The van der Waals surface area contributed by atoms with Crippen LogP contribution >= 0.6 is 11.6 Å². The normalized spacial score (nSPS) is 10.2. The quantitative estimate of drug-likeness (QED) is 0.861.